The molecule has 0 bridgehead atoms. The number of phenols is 3. The molecule has 3 N–H and O–H groups in total. The fourth-order valence-electron chi connectivity index (χ4n) is 3.76. The van der Waals surface area contributed by atoms with Crippen molar-refractivity contribution in [2.45, 2.75) is 40.5 Å². The Labute approximate surface area is 198 Å². The van der Waals surface area contributed by atoms with Crippen LogP contribution in [-0.4, -0.2) is 29.5 Å². The van der Waals surface area contributed by atoms with Crippen LogP contribution < -0.4 is 14.9 Å². The quantitative estimate of drug-likeness (QED) is 0.388. The Morgan fingerprint density at radius 3 is 2.06 bits per heavy atom. The molecule has 180 valence electrons. The van der Waals surface area contributed by atoms with Crippen molar-refractivity contribution in [3.05, 3.63) is 63.0 Å². The zero-order valence-electron chi connectivity index (χ0n) is 20.3. The summed E-state index contributed by atoms with van der Waals surface area (Å²) in [7, 11) is 2.83. The minimum atomic E-state index is -0.450. The molecule has 0 atom stereocenters. The molecule has 1 heterocycles. The van der Waals surface area contributed by atoms with E-state index in [0.29, 0.717) is 24.0 Å². The summed E-state index contributed by atoms with van der Waals surface area (Å²) in [6, 6.07) is 2.86. The van der Waals surface area contributed by atoms with Crippen LogP contribution in [0.3, 0.4) is 0 Å². The van der Waals surface area contributed by atoms with Crippen LogP contribution in [-0.2, 0) is 12.8 Å². The number of phenolic OH excluding ortho intramolecular Hbond substituents is 3. The first-order chi connectivity index (χ1) is 16.1. The van der Waals surface area contributed by atoms with E-state index in [-0.39, 0.29) is 50.8 Å². The molecule has 0 spiro atoms. The van der Waals surface area contributed by atoms with Gasteiger partial charge >= 0.3 is 0 Å². The monoisotopic (exact) mass is 466 g/mol. The average molecular weight is 467 g/mol. The third kappa shape index (κ3) is 4.59. The molecule has 0 aliphatic rings. The van der Waals surface area contributed by atoms with Gasteiger partial charge in [0.15, 0.2) is 22.8 Å². The Bertz CT molecular complexity index is 1350. The summed E-state index contributed by atoms with van der Waals surface area (Å²) in [6.45, 7) is 7.71. The van der Waals surface area contributed by atoms with Crippen LogP contribution in [0.4, 0.5) is 0 Å². The maximum absolute atomic E-state index is 13.5. The Balaban J connectivity index is 2.33. The van der Waals surface area contributed by atoms with E-state index in [2.05, 4.69) is 0 Å². The molecular weight excluding hydrogens is 436 g/mol. The molecule has 7 heteroatoms. The number of ether oxygens (including phenoxy) is 2. The highest BCUT2D eigenvalue weighted by molar-refractivity contribution is 5.90. The fourth-order valence-corrected chi connectivity index (χ4v) is 3.76. The van der Waals surface area contributed by atoms with Crippen molar-refractivity contribution in [2.75, 3.05) is 14.2 Å². The van der Waals surface area contributed by atoms with E-state index in [0.717, 1.165) is 11.1 Å². The molecule has 0 saturated heterocycles. The first-order valence-corrected chi connectivity index (χ1v) is 10.8. The topological polar surface area (TPSA) is 109 Å². The molecule has 2 aromatic carbocycles. The fraction of sp³-hybridized carbons (Fsp3) is 0.296. The smallest absolute Gasteiger partial charge is 0.201 e. The highest BCUT2D eigenvalue weighted by Gasteiger charge is 2.24. The van der Waals surface area contributed by atoms with Crippen LogP contribution in [0, 0.1) is 0 Å². The summed E-state index contributed by atoms with van der Waals surface area (Å²) < 4.78 is 16.5. The summed E-state index contributed by atoms with van der Waals surface area (Å²) in [5, 5.41) is 31.9. The number of rotatable bonds is 7. The van der Waals surface area contributed by atoms with Crippen LogP contribution in [0.15, 0.2) is 50.9 Å². The predicted octanol–water partition coefficient (Wildman–Crippen LogP) is 5.61. The minimum Gasteiger partial charge on any atom is -0.507 e. The molecule has 3 rings (SSSR count). The summed E-state index contributed by atoms with van der Waals surface area (Å²) >= 11 is 0. The van der Waals surface area contributed by atoms with Crippen molar-refractivity contribution in [3.63, 3.8) is 0 Å². The van der Waals surface area contributed by atoms with Crippen LogP contribution in [0.1, 0.15) is 38.8 Å². The van der Waals surface area contributed by atoms with Gasteiger partial charge in [0.2, 0.25) is 11.2 Å². The second kappa shape index (κ2) is 9.95. The first-order valence-electron chi connectivity index (χ1n) is 10.8. The Kier molecular flexibility index (Phi) is 7.25. The Hall–Kier alpha value is -3.87. The van der Waals surface area contributed by atoms with Crippen molar-refractivity contribution < 1.29 is 29.2 Å². The number of hydrogen-bond acceptors (Lipinski definition) is 7. The Morgan fingerprint density at radius 2 is 1.50 bits per heavy atom. The third-order valence-electron chi connectivity index (χ3n) is 5.59. The van der Waals surface area contributed by atoms with Crippen molar-refractivity contribution in [1.29, 1.82) is 0 Å². The number of fused-ring (bicyclic) bond motifs is 1. The third-order valence-corrected chi connectivity index (χ3v) is 5.59. The summed E-state index contributed by atoms with van der Waals surface area (Å²) in [4.78, 5) is 13.5. The maximum Gasteiger partial charge on any atom is 0.201 e. The number of allylic oxidation sites excluding steroid dienone is 4. The minimum absolute atomic E-state index is 0.00716. The van der Waals surface area contributed by atoms with Gasteiger partial charge in [-0.3, -0.25) is 4.79 Å². The molecule has 0 fully saturated rings. The van der Waals surface area contributed by atoms with Crippen molar-refractivity contribution in [3.8, 4) is 39.9 Å². The lowest BCUT2D eigenvalue weighted by molar-refractivity contribution is 0.338. The molecule has 0 aliphatic heterocycles. The molecule has 0 saturated carbocycles. The van der Waals surface area contributed by atoms with Crippen molar-refractivity contribution in [2.24, 2.45) is 0 Å². The van der Waals surface area contributed by atoms with Gasteiger partial charge in [-0.2, -0.15) is 0 Å². The van der Waals surface area contributed by atoms with Crippen molar-refractivity contribution >= 4 is 11.0 Å². The second-order valence-electron chi connectivity index (χ2n) is 8.54. The van der Waals surface area contributed by atoms with E-state index in [9.17, 15) is 20.1 Å². The van der Waals surface area contributed by atoms with Crippen molar-refractivity contribution in [1.82, 2.24) is 0 Å². The van der Waals surface area contributed by atoms with Gasteiger partial charge < -0.3 is 29.2 Å². The highest BCUT2D eigenvalue weighted by atomic mass is 16.5. The molecule has 1 aromatic heterocycles. The van der Waals surface area contributed by atoms with Gasteiger partial charge in [-0.05, 0) is 58.2 Å². The normalized spacial score (nSPS) is 10.8. The van der Waals surface area contributed by atoms with Gasteiger partial charge in [-0.15, -0.1) is 0 Å². The van der Waals surface area contributed by atoms with Crippen LogP contribution in [0.5, 0.6) is 28.7 Å². The van der Waals surface area contributed by atoms with Gasteiger partial charge in [-0.1, -0.05) is 23.3 Å². The lowest BCUT2D eigenvalue weighted by Gasteiger charge is -2.17. The van der Waals surface area contributed by atoms with E-state index in [1.807, 2.05) is 39.8 Å². The van der Waals surface area contributed by atoms with E-state index in [1.54, 1.807) is 6.07 Å². The maximum atomic E-state index is 13.5. The van der Waals surface area contributed by atoms with E-state index in [4.69, 9.17) is 13.9 Å². The molecule has 0 amide bonds. The van der Waals surface area contributed by atoms with Crippen LogP contribution in [0.25, 0.3) is 22.1 Å². The van der Waals surface area contributed by atoms with Gasteiger partial charge in [0.05, 0.1) is 25.2 Å². The lowest BCUT2D eigenvalue weighted by Crippen LogP contribution is -2.08. The average Bonchev–Trinajstić information content (AvgIpc) is 2.78. The summed E-state index contributed by atoms with van der Waals surface area (Å²) in [6.07, 6.45) is 5.75. The van der Waals surface area contributed by atoms with Gasteiger partial charge in [0.25, 0.3) is 0 Å². The zero-order valence-corrected chi connectivity index (χ0v) is 20.3. The molecule has 34 heavy (non-hydrogen) atoms. The van der Waals surface area contributed by atoms with Crippen LogP contribution >= 0.6 is 0 Å². The number of aromatic hydroxyl groups is 3. The molecule has 3 aromatic rings. The highest BCUT2D eigenvalue weighted by Crippen LogP contribution is 2.45. The summed E-state index contributed by atoms with van der Waals surface area (Å²) in [5.74, 6) is -0.321. The van der Waals surface area contributed by atoms with E-state index >= 15 is 0 Å². The second-order valence-corrected chi connectivity index (χ2v) is 8.54. The van der Waals surface area contributed by atoms with E-state index < -0.39 is 5.43 Å². The molecule has 7 nitrogen and oxygen atoms in total. The predicted molar refractivity (Wildman–Crippen MR) is 132 cm³/mol. The Morgan fingerprint density at radius 1 is 0.882 bits per heavy atom. The zero-order chi connectivity index (χ0) is 25.2. The number of benzene rings is 2. The standard InChI is InChI=1S/C27H30O7/c1-14(2)7-9-16-18(12-22(32-5)25(31)26(16)33-6)20-13-34-27-19(23(20)29)11-21(28)17(24(27)30)10-8-15(3)4/h7-8,11-13,28,30-31H,9-10H2,1-6H3. The molecule has 0 unspecified atom stereocenters. The number of methoxy groups -OCH3 is 2. The lowest BCUT2D eigenvalue weighted by atomic mass is 9.94. The number of hydrogen-bond donors (Lipinski definition) is 3. The first kappa shape index (κ1) is 24.8. The molecule has 0 aliphatic carbocycles. The van der Waals surface area contributed by atoms with Crippen LogP contribution in [0.2, 0.25) is 0 Å². The summed E-state index contributed by atoms with van der Waals surface area (Å²) in [5.41, 5.74) is 3.09. The van der Waals surface area contributed by atoms with Gasteiger partial charge in [-0.25, -0.2) is 0 Å². The van der Waals surface area contributed by atoms with Gasteiger partial charge in [0.1, 0.15) is 12.0 Å². The molecular formula is C27H30O7. The van der Waals surface area contributed by atoms with Gasteiger partial charge in [0, 0.05) is 11.1 Å². The molecule has 0 radical (unpaired) electrons. The van der Waals surface area contributed by atoms with E-state index in [1.165, 1.54) is 26.5 Å². The SMILES string of the molecule is COc1cc(-c2coc3c(O)c(CC=C(C)C)c(O)cc3c2=O)c(CC=C(C)C)c(OC)c1O. The largest absolute Gasteiger partial charge is 0.507 e.